The number of nitrogens with one attached hydrogen (secondary N) is 1. The van der Waals surface area contributed by atoms with Crippen LogP contribution in [-0.2, 0) is 20.0 Å². The Kier molecular flexibility index (Phi) is 3.58. The molecule has 1 N–H and O–H groups in total. The van der Waals surface area contributed by atoms with Crippen LogP contribution in [0, 0.1) is 0 Å². The molecule has 0 aliphatic carbocycles. The summed E-state index contributed by atoms with van der Waals surface area (Å²) in [6, 6.07) is 1.71. The third-order valence-corrected chi connectivity index (χ3v) is 2.60. The normalized spacial score (nSPS) is 10.5. The van der Waals surface area contributed by atoms with Crippen molar-refractivity contribution in [1.82, 2.24) is 19.5 Å². The van der Waals surface area contributed by atoms with Crippen molar-refractivity contribution >= 4 is 17.4 Å². The van der Waals surface area contributed by atoms with Crippen LogP contribution in [0.5, 0.6) is 0 Å². The average Bonchev–Trinajstić information content (AvgIpc) is 2.71. The highest BCUT2D eigenvalue weighted by molar-refractivity contribution is 6.29. The second kappa shape index (κ2) is 5.14. The first-order valence-electron chi connectivity index (χ1n) is 5.42. The van der Waals surface area contributed by atoms with Crippen molar-refractivity contribution in [3.8, 4) is 0 Å². The lowest BCUT2D eigenvalue weighted by molar-refractivity contribution is 0.808. The predicted molar refractivity (Wildman–Crippen MR) is 67.0 cm³/mol. The van der Waals surface area contributed by atoms with Crippen LogP contribution in [0.1, 0.15) is 18.6 Å². The summed E-state index contributed by atoms with van der Waals surface area (Å²) in [6.45, 7) is 2.61. The highest BCUT2D eigenvalue weighted by Gasteiger charge is 2.03. The Morgan fingerprint density at radius 3 is 2.88 bits per heavy atom. The van der Waals surface area contributed by atoms with E-state index in [1.165, 1.54) is 0 Å². The minimum Gasteiger partial charge on any atom is -0.363 e. The summed E-state index contributed by atoms with van der Waals surface area (Å²) in [5.41, 5.74) is 0. The zero-order chi connectivity index (χ0) is 12.3. The number of imidazole rings is 1. The van der Waals surface area contributed by atoms with Gasteiger partial charge >= 0.3 is 0 Å². The molecule has 6 heteroatoms. The van der Waals surface area contributed by atoms with Crippen molar-refractivity contribution < 1.29 is 0 Å². The molecule has 17 heavy (non-hydrogen) atoms. The minimum absolute atomic E-state index is 0.458. The molecular formula is C11H14ClN5. The van der Waals surface area contributed by atoms with Crippen molar-refractivity contribution in [3.63, 3.8) is 0 Å². The van der Waals surface area contributed by atoms with Gasteiger partial charge in [-0.1, -0.05) is 18.5 Å². The molecule has 0 aliphatic rings. The molecule has 2 rings (SSSR count). The molecule has 0 saturated carbocycles. The van der Waals surface area contributed by atoms with Gasteiger partial charge in [0.25, 0.3) is 0 Å². The molecule has 0 unspecified atom stereocenters. The van der Waals surface area contributed by atoms with Crippen molar-refractivity contribution in [2.45, 2.75) is 19.9 Å². The number of aromatic nitrogens is 4. The van der Waals surface area contributed by atoms with E-state index < -0.39 is 0 Å². The summed E-state index contributed by atoms with van der Waals surface area (Å²) in [5.74, 6) is 2.41. The third kappa shape index (κ3) is 2.94. The molecule has 0 radical (unpaired) electrons. The van der Waals surface area contributed by atoms with Crippen LogP contribution in [0.25, 0.3) is 0 Å². The Morgan fingerprint density at radius 2 is 2.24 bits per heavy atom. The molecule has 0 aromatic carbocycles. The molecule has 0 atom stereocenters. The largest absolute Gasteiger partial charge is 0.363 e. The summed E-state index contributed by atoms with van der Waals surface area (Å²) >= 11 is 5.91. The predicted octanol–water partition coefficient (Wildman–Crippen LogP) is 2.04. The van der Waals surface area contributed by atoms with Crippen LogP contribution in [0.2, 0.25) is 5.15 Å². The van der Waals surface area contributed by atoms with E-state index in [0.29, 0.717) is 11.7 Å². The van der Waals surface area contributed by atoms with Crippen LogP contribution in [0.15, 0.2) is 18.5 Å². The fraction of sp³-hybridized carbons (Fsp3) is 0.364. The molecule has 0 aliphatic heterocycles. The van der Waals surface area contributed by atoms with Crippen LogP contribution in [0.3, 0.4) is 0 Å². The van der Waals surface area contributed by atoms with Crippen LogP contribution in [0.4, 0.5) is 5.82 Å². The van der Waals surface area contributed by atoms with Gasteiger partial charge in [0.05, 0.1) is 6.54 Å². The first-order valence-corrected chi connectivity index (χ1v) is 5.80. The maximum Gasteiger partial charge on any atom is 0.134 e. The van der Waals surface area contributed by atoms with Gasteiger partial charge in [-0.3, -0.25) is 0 Å². The second-order valence-electron chi connectivity index (χ2n) is 3.65. The molecule has 2 heterocycles. The third-order valence-electron chi connectivity index (χ3n) is 2.41. The van der Waals surface area contributed by atoms with Crippen LogP contribution in [-0.4, -0.2) is 19.5 Å². The highest BCUT2D eigenvalue weighted by Crippen LogP contribution is 2.12. The lowest BCUT2D eigenvalue weighted by Crippen LogP contribution is -2.08. The van der Waals surface area contributed by atoms with E-state index in [9.17, 15) is 0 Å². The van der Waals surface area contributed by atoms with Crippen molar-refractivity contribution in [3.05, 3.63) is 35.3 Å². The van der Waals surface area contributed by atoms with Gasteiger partial charge in [0.1, 0.15) is 22.6 Å². The zero-order valence-corrected chi connectivity index (χ0v) is 10.6. The first kappa shape index (κ1) is 11.9. The number of hydrogen-bond acceptors (Lipinski definition) is 4. The summed E-state index contributed by atoms with van der Waals surface area (Å²) in [6.07, 6.45) is 4.43. The van der Waals surface area contributed by atoms with E-state index in [4.69, 9.17) is 11.6 Å². The van der Waals surface area contributed by atoms with Gasteiger partial charge in [0, 0.05) is 31.9 Å². The Bertz CT molecular complexity index is 508. The fourth-order valence-electron chi connectivity index (χ4n) is 1.45. The van der Waals surface area contributed by atoms with Gasteiger partial charge in [-0.2, -0.15) is 0 Å². The monoisotopic (exact) mass is 251 g/mol. The smallest absolute Gasteiger partial charge is 0.134 e. The van der Waals surface area contributed by atoms with Gasteiger partial charge in [-0.05, 0) is 0 Å². The molecule has 90 valence electrons. The molecule has 2 aromatic heterocycles. The molecule has 0 saturated heterocycles. The molecule has 5 nitrogen and oxygen atoms in total. The number of aryl methyl sites for hydroxylation is 2. The van der Waals surface area contributed by atoms with Crippen LogP contribution >= 0.6 is 11.6 Å². The van der Waals surface area contributed by atoms with Gasteiger partial charge in [0.15, 0.2) is 0 Å². The van der Waals surface area contributed by atoms with E-state index in [1.54, 1.807) is 12.3 Å². The van der Waals surface area contributed by atoms with Gasteiger partial charge in [0.2, 0.25) is 0 Å². The topological polar surface area (TPSA) is 55.6 Å². The van der Waals surface area contributed by atoms with Crippen molar-refractivity contribution in [2.24, 2.45) is 7.05 Å². The second-order valence-corrected chi connectivity index (χ2v) is 4.04. The van der Waals surface area contributed by atoms with E-state index in [1.807, 2.05) is 24.7 Å². The quantitative estimate of drug-likeness (QED) is 0.845. The summed E-state index contributed by atoms with van der Waals surface area (Å²) in [7, 11) is 1.95. The first-order chi connectivity index (χ1) is 8.19. The van der Waals surface area contributed by atoms with E-state index >= 15 is 0 Å². The highest BCUT2D eigenvalue weighted by atomic mass is 35.5. The molecule has 0 spiro atoms. The van der Waals surface area contributed by atoms with Crippen molar-refractivity contribution in [2.75, 3.05) is 5.32 Å². The number of hydrogen-bond donors (Lipinski definition) is 1. The summed E-state index contributed by atoms with van der Waals surface area (Å²) in [4.78, 5) is 12.7. The average molecular weight is 252 g/mol. The van der Waals surface area contributed by atoms with Gasteiger partial charge < -0.3 is 9.88 Å². The molecule has 2 aromatic rings. The van der Waals surface area contributed by atoms with E-state index in [0.717, 1.165) is 23.9 Å². The number of rotatable bonds is 4. The fourth-order valence-corrected chi connectivity index (χ4v) is 1.65. The van der Waals surface area contributed by atoms with Gasteiger partial charge in [-0.25, -0.2) is 15.0 Å². The number of nitrogens with zero attached hydrogens (tertiary/aromatic N) is 4. The minimum atomic E-state index is 0.458. The maximum atomic E-state index is 5.91. The maximum absolute atomic E-state index is 5.91. The lowest BCUT2D eigenvalue weighted by Gasteiger charge is -2.07. The number of halogens is 1. The lowest BCUT2D eigenvalue weighted by atomic mass is 10.4. The standard InChI is InChI=1S/C11H14ClN5/c1-3-9-15-8(12)6-10(16-9)14-7-11-13-4-5-17(11)2/h4-6H,3,7H2,1-2H3,(H,14,15,16). The summed E-state index contributed by atoms with van der Waals surface area (Å²) < 4.78 is 1.95. The van der Waals surface area contributed by atoms with Crippen LogP contribution < -0.4 is 5.32 Å². The van der Waals surface area contributed by atoms with Crippen molar-refractivity contribution in [1.29, 1.82) is 0 Å². The Morgan fingerprint density at radius 1 is 1.41 bits per heavy atom. The number of anilines is 1. The molecule has 0 bridgehead atoms. The van der Waals surface area contributed by atoms with E-state index in [-0.39, 0.29) is 0 Å². The molecular weight excluding hydrogens is 238 g/mol. The Labute approximate surface area is 105 Å². The molecule has 0 amide bonds. The zero-order valence-electron chi connectivity index (χ0n) is 9.81. The molecule has 0 fully saturated rings. The SMILES string of the molecule is CCc1nc(Cl)cc(NCc2nccn2C)n1. The Balaban J connectivity index is 2.09. The van der Waals surface area contributed by atoms with E-state index in [2.05, 4.69) is 20.3 Å². The summed E-state index contributed by atoms with van der Waals surface area (Å²) in [5, 5.41) is 3.64. The van der Waals surface area contributed by atoms with Gasteiger partial charge in [-0.15, -0.1) is 0 Å². The Hall–Kier alpha value is -1.62.